The molecule has 5 nitrogen and oxygen atoms in total. The average molecular weight is 287 g/mol. The molecule has 2 rings (SSSR count). The molecule has 5 heteroatoms. The molecule has 0 amide bonds. The van der Waals surface area contributed by atoms with Crippen LogP contribution in [0.5, 0.6) is 11.5 Å². The molecule has 0 bridgehead atoms. The van der Waals surface area contributed by atoms with Gasteiger partial charge < -0.3 is 9.47 Å². The predicted octanol–water partition coefficient (Wildman–Crippen LogP) is 2.45. The van der Waals surface area contributed by atoms with Gasteiger partial charge in [0, 0.05) is 6.42 Å². The third-order valence-corrected chi connectivity index (χ3v) is 2.95. The van der Waals surface area contributed by atoms with Crippen LogP contribution in [-0.2, 0) is 20.8 Å². The predicted molar refractivity (Wildman–Crippen MR) is 77.7 cm³/mol. The van der Waals surface area contributed by atoms with Gasteiger partial charge in [-0.15, -0.1) is 0 Å². The summed E-state index contributed by atoms with van der Waals surface area (Å²) in [7, 11) is 1.30. The quantitative estimate of drug-likeness (QED) is 0.652. The van der Waals surface area contributed by atoms with Gasteiger partial charge >= 0.3 is 5.97 Å². The van der Waals surface area contributed by atoms with Crippen LogP contribution in [0, 0.1) is 0 Å². The standard InChI is InChI=1S/C16H17NO4/c1-19-16(18)15(21-17)11-12-7-9-14(10-8-12)20-13-5-3-2-4-6-13/h2-10,15H,11,17H2,1H3. The lowest BCUT2D eigenvalue weighted by molar-refractivity contribution is -0.154. The summed E-state index contributed by atoms with van der Waals surface area (Å²) in [6, 6.07) is 16.9. The van der Waals surface area contributed by atoms with Crippen molar-refractivity contribution >= 4 is 5.97 Å². The molecule has 2 N–H and O–H groups in total. The maximum atomic E-state index is 11.4. The Labute approximate surface area is 123 Å². The fourth-order valence-corrected chi connectivity index (χ4v) is 1.85. The molecule has 0 heterocycles. The van der Waals surface area contributed by atoms with Crippen LogP contribution in [0.15, 0.2) is 54.6 Å². The molecule has 0 aliphatic rings. The number of hydrogen-bond acceptors (Lipinski definition) is 5. The number of rotatable bonds is 6. The maximum Gasteiger partial charge on any atom is 0.337 e. The Kier molecular flexibility index (Phi) is 5.31. The summed E-state index contributed by atoms with van der Waals surface area (Å²) in [6.07, 6.45) is -0.467. The monoisotopic (exact) mass is 287 g/mol. The Hall–Kier alpha value is -2.37. The highest BCUT2D eigenvalue weighted by Gasteiger charge is 2.19. The first-order valence-electron chi connectivity index (χ1n) is 6.48. The van der Waals surface area contributed by atoms with E-state index in [9.17, 15) is 4.79 Å². The summed E-state index contributed by atoms with van der Waals surface area (Å²) >= 11 is 0. The fraction of sp³-hybridized carbons (Fsp3) is 0.188. The molecule has 0 saturated carbocycles. The zero-order valence-corrected chi connectivity index (χ0v) is 11.7. The van der Waals surface area contributed by atoms with E-state index in [1.807, 2.05) is 54.6 Å². The molecule has 0 saturated heterocycles. The molecule has 0 spiro atoms. The molecule has 0 radical (unpaired) electrons. The molecule has 1 atom stereocenters. The Balaban J connectivity index is 2.00. The zero-order chi connectivity index (χ0) is 15.1. The average Bonchev–Trinajstić information content (AvgIpc) is 2.54. The van der Waals surface area contributed by atoms with E-state index in [1.165, 1.54) is 7.11 Å². The SMILES string of the molecule is COC(=O)C(Cc1ccc(Oc2ccccc2)cc1)ON. The van der Waals surface area contributed by atoms with Crippen molar-refractivity contribution in [2.24, 2.45) is 5.90 Å². The third-order valence-electron chi connectivity index (χ3n) is 2.95. The Morgan fingerprint density at radius 3 is 2.24 bits per heavy atom. The number of carbonyl (C=O) groups excluding carboxylic acids is 1. The lowest BCUT2D eigenvalue weighted by atomic mass is 10.1. The van der Waals surface area contributed by atoms with Gasteiger partial charge in [0.1, 0.15) is 11.5 Å². The van der Waals surface area contributed by atoms with E-state index in [0.29, 0.717) is 12.2 Å². The summed E-state index contributed by atoms with van der Waals surface area (Å²) in [5.41, 5.74) is 0.899. The van der Waals surface area contributed by atoms with Crippen molar-refractivity contribution in [3.8, 4) is 11.5 Å². The summed E-state index contributed by atoms with van der Waals surface area (Å²) in [5, 5.41) is 0. The van der Waals surface area contributed by atoms with Crippen LogP contribution in [0.4, 0.5) is 0 Å². The molecular formula is C16H17NO4. The van der Waals surface area contributed by atoms with Gasteiger partial charge in [-0.25, -0.2) is 10.7 Å². The lowest BCUT2D eigenvalue weighted by Crippen LogP contribution is -2.30. The van der Waals surface area contributed by atoms with Crippen LogP contribution in [0.1, 0.15) is 5.56 Å². The Morgan fingerprint density at radius 1 is 1.05 bits per heavy atom. The number of esters is 1. The smallest absolute Gasteiger partial charge is 0.337 e. The minimum Gasteiger partial charge on any atom is -0.467 e. The highest BCUT2D eigenvalue weighted by molar-refractivity contribution is 5.74. The van der Waals surface area contributed by atoms with Crippen LogP contribution in [-0.4, -0.2) is 19.2 Å². The number of para-hydroxylation sites is 1. The van der Waals surface area contributed by atoms with E-state index in [0.717, 1.165) is 11.3 Å². The summed E-state index contributed by atoms with van der Waals surface area (Å²) in [6.45, 7) is 0. The van der Waals surface area contributed by atoms with Gasteiger partial charge in [0.25, 0.3) is 0 Å². The lowest BCUT2D eigenvalue weighted by Gasteiger charge is -2.12. The van der Waals surface area contributed by atoms with Crippen molar-refractivity contribution in [1.29, 1.82) is 0 Å². The van der Waals surface area contributed by atoms with Gasteiger partial charge in [-0.3, -0.25) is 4.84 Å². The van der Waals surface area contributed by atoms with Crippen LogP contribution < -0.4 is 10.6 Å². The summed E-state index contributed by atoms with van der Waals surface area (Å²) in [5.74, 6) is 6.09. The van der Waals surface area contributed by atoms with Gasteiger partial charge in [0.2, 0.25) is 0 Å². The summed E-state index contributed by atoms with van der Waals surface area (Å²) < 4.78 is 10.3. The van der Waals surface area contributed by atoms with Gasteiger partial charge in [0.15, 0.2) is 6.10 Å². The van der Waals surface area contributed by atoms with Crippen molar-refractivity contribution in [3.63, 3.8) is 0 Å². The van der Waals surface area contributed by atoms with Gasteiger partial charge in [-0.1, -0.05) is 30.3 Å². The van der Waals surface area contributed by atoms with E-state index >= 15 is 0 Å². The second-order valence-electron chi connectivity index (χ2n) is 4.41. The molecular weight excluding hydrogens is 270 g/mol. The van der Waals surface area contributed by atoms with Crippen molar-refractivity contribution in [2.75, 3.05) is 7.11 Å². The van der Waals surface area contributed by atoms with E-state index in [4.69, 9.17) is 10.6 Å². The van der Waals surface area contributed by atoms with Crippen LogP contribution in [0.25, 0.3) is 0 Å². The van der Waals surface area contributed by atoms with Gasteiger partial charge in [0.05, 0.1) is 7.11 Å². The minimum absolute atomic E-state index is 0.342. The van der Waals surface area contributed by atoms with Crippen molar-refractivity contribution in [1.82, 2.24) is 0 Å². The third kappa shape index (κ3) is 4.30. The number of carbonyl (C=O) groups is 1. The molecule has 110 valence electrons. The second kappa shape index (κ2) is 7.42. The molecule has 2 aromatic rings. The number of ether oxygens (including phenoxy) is 2. The van der Waals surface area contributed by atoms with Crippen molar-refractivity contribution in [2.45, 2.75) is 12.5 Å². The molecule has 1 unspecified atom stereocenters. The second-order valence-corrected chi connectivity index (χ2v) is 4.41. The fourth-order valence-electron chi connectivity index (χ4n) is 1.85. The van der Waals surface area contributed by atoms with Gasteiger partial charge in [-0.05, 0) is 29.8 Å². The summed E-state index contributed by atoms with van der Waals surface area (Å²) in [4.78, 5) is 16.0. The molecule has 0 aliphatic carbocycles. The number of methoxy groups -OCH3 is 1. The molecule has 0 fully saturated rings. The van der Waals surface area contributed by atoms with Crippen LogP contribution in [0.2, 0.25) is 0 Å². The Bertz CT molecular complexity index is 569. The number of hydrogen-bond donors (Lipinski definition) is 1. The minimum atomic E-state index is -0.809. The first-order chi connectivity index (χ1) is 10.2. The van der Waals surface area contributed by atoms with E-state index in [-0.39, 0.29) is 0 Å². The maximum absolute atomic E-state index is 11.4. The van der Waals surface area contributed by atoms with E-state index in [2.05, 4.69) is 9.57 Å². The molecule has 2 aromatic carbocycles. The van der Waals surface area contributed by atoms with Crippen molar-refractivity contribution < 1.29 is 19.1 Å². The number of benzene rings is 2. The molecule has 21 heavy (non-hydrogen) atoms. The first kappa shape index (κ1) is 15.0. The first-order valence-corrected chi connectivity index (χ1v) is 6.48. The molecule has 0 aromatic heterocycles. The highest BCUT2D eigenvalue weighted by atomic mass is 16.6. The zero-order valence-electron chi connectivity index (χ0n) is 11.7. The van der Waals surface area contributed by atoms with Crippen LogP contribution >= 0.6 is 0 Å². The number of nitrogens with two attached hydrogens (primary N) is 1. The normalized spacial score (nSPS) is 11.7. The Morgan fingerprint density at radius 2 is 1.67 bits per heavy atom. The van der Waals surface area contributed by atoms with Crippen molar-refractivity contribution in [3.05, 3.63) is 60.2 Å². The van der Waals surface area contributed by atoms with E-state index in [1.54, 1.807) is 0 Å². The molecule has 0 aliphatic heterocycles. The van der Waals surface area contributed by atoms with E-state index < -0.39 is 12.1 Å². The topological polar surface area (TPSA) is 70.8 Å². The highest BCUT2D eigenvalue weighted by Crippen LogP contribution is 2.21. The van der Waals surface area contributed by atoms with Gasteiger partial charge in [-0.2, -0.15) is 0 Å². The largest absolute Gasteiger partial charge is 0.467 e. The van der Waals surface area contributed by atoms with Crippen LogP contribution in [0.3, 0.4) is 0 Å².